The molecule has 0 fully saturated rings. The van der Waals surface area contributed by atoms with E-state index in [1.807, 2.05) is 19.1 Å². The summed E-state index contributed by atoms with van der Waals surface area (Å²) in [6.07, 6.45) is -1.61. The van der Waals surface area contributed by atoms with E-state index in [0.29, 0.717) is 15.6 Å². The summed E-state index contributed by atoms with van der Waals surface area (Å²) in [5, 5.41) is 19.9. The van der Waals surface area contributed by atoms with Crippen LogP contribution in [0, 0.1) is 6.92 Å². The summed E-state index contributed by atoms with van der Waals surface area (Å²) < 4.78 is 0.452. The Bertz CT molecular complexity index is 442. The van der Waals surface area contributed by atoms with Crippen molar-refractivity contribution >= 4 is 15.9 Å². The van der Waals surface area contributed by atoms with Crippen molar-refractivity contribution in [3.05, 3.63) is 45.1 Å². The first kappa shape index (κ1) is 10.7. The van der Waals surface area contributed by atoms with E-state index in [-0.39, 0.29) is 5.70 Å². The molecule has 0 aliphatic heterocycles. The number of rotatable bonds is 0. The van der Waals surface area contributed by atoms with E-state index in [1.54, 1.807) is 6.07 Å². The van der Waals surface area contributed by atoms with Crippen LogP contribution < -0.4 is 5.73 Å². The number of aliphatic hydroxyl groups excluding tert-OH is 2. The quantitative estimate of drug-likeness (QED) is 0.671. The van der Waals surface area contributed by atoms with Gasteiger partial charge >= 0.3 is 0 Å². The second-order valence-electron chi connectivity index (χ2n) is 3.69. The summed E-state index contributed by atoms with van der Waals surface area (Å²) in [5.41, 5.74) is 8.36. The molecule has 0 radical (unpaired) electrons. The lowest BCUT2D eigenvalue weighted by atomic mass is 9.87. The van der Waals surface area contributed by atoms with Crippen LogP contribution in [0.1, 0.15) is 28.9 Å². The van der Waals surface area contributed by atoms with Gasteiger partial charge in [0.25, 0.3) is 0 Å². The molecule has 4 N–H and O–H groups in total. The van der Waals surface area contributed by atoms with Gasteiger partial charge in [0.05, 0.1) is 5.70 Å². The van der Waals surface area contributed by atoms with Gasteiger partial charge in [-0.2, -0.15) is 0 Å². The zero-order chi connectivity index (χ0) is 11.2. The molecule has 1 aliphatic carbocycles. The summed E-state index contributed by atoms with van der Waals surface area (Å²) >= 11 is 3.20. The van der Waals surface area contributed by atoms with E-state index in [0.717, 1.165) is 5.56 Å². The van der Waals surface area contributed by atoms with Crippen molar-refractivity contribution in [1.29, 1.82) is 0 Å². The van der Waals surface area contributed by atoms with Crippen molar-refractivity contribution in [2.75, 3.05) is 0 Å². The fourth-order valence-corrected chi connectivity index (χ4v) is 2.36. The van der Waals surface area contributed by atoms with Gasteiger partial charge < -0.3 is 15.9 Å². The zero-order valence-corrected chi connectivity index (χ0v) is 9.82. The van der Waals surface area contributed by atoms with Crippen LogP contribution in [0.4, 0.5) is 0 Å². The number of aliphatic hydroxyl groups is 2. The number of hydrogen-bond donors (Lipinski definition) is 3. The van der Waals surface area contributed by atoms with Crippen molar-refractivity contribution in [2.45, 2.75) is 19.1 Å². The second-order valence-corrected chi connectivity index (χ2v) is 4.54. The highest BCUT2D eigenvalue weighted by atomic mass is 79.9. The molecule has 15 heavy (non-hydrogen) atoms. The number of halogens is 1. The molecule has 1 aromatic rings. The number of benzene rings is 1. The lowest BCUT2D eigenvalue weighted by molar-refractivity contribution is 0.174. The lowest BCUT2D eigenvalue weighted by Gasteiger charge is -2.28. The topological polar surface area (TPSA) is 66.5 Å². The maximum atomic E-state index is 9.97. The van der Waals surface area contributed by atoms with Crippen LogP contribution in [0.25, 0.3) is 0 Å². The Kier molecular flexibility index (Phi) is 2.58. The normalized spacial score (nSPS) is 25.3. The molecule has 2 atom stereocenters. The maximum Gasteiger partial charge on any atom is 0.120 e. The third-order valence-electron chi connectivity index (χ3n) is 2.74. The van der Waals surface area contributed by atoms with Crippen LogP contribution in [0.5, 0.6) is 0 Å². The number of hydrogen-bond acceptors (Lipinski definition) is 3. The lowest BCUT2D eigenvalue weighted by Crippen LogP contribution is -2.22. The largest absolute Gasteiger partial charge is 0.399 e. The van der Waals surface area contributed by atoms with Crippen LogP contribution in [0.3, 0.4) is 0 Å². The third kappa shape index (κ3) is 1.49. The second kappa shape index (κ2) is 3.63. The van der Waals surface area contributed by atoms with Crippen LogP contribution in [-0.4, -0.2) is 10.2 Å². The van der Waals surface area contributed by atoms with Gasteiger partial charge in [-0.25, -0.2) is 0 Å². The molecule has 2 unspecified atom stereocenters. The Morgan fingerprint density at radius 1 is 1.27 bits per heavy atom. The Morgan fingerprint density at radius 3 is 2.60 bits per heavy atom. The molecule has 80 valence electrons. The smallest absolute Gasteiger partial charge is 0.120 e. The summed E-state index contributed by atoms with van der Waals surface area (Å²) in [6.45, 7) is 1.89. The van der Waals surface area contributed by atoms with Gasteiger partial charge in [0.15, 0.2) is 0 Å². The van der Waals surface area contributed by atoms with Crippen molar-refractivity contribution in [3.8, 4) is 0 Å². The molecule has 0 bridgehead atoms. The van der Waals surface area contributed by atoms with E-state index in [9.17, 15) is 10.2 Å². The van der Waals surface area contributed by atoms with Crippen LogP contribution in [0.15, 0.2) is 28.4 Å². The first-order valence-electron chi connectivity index (χ1n) is 4.64. The SMILES string of the molecule is Cc1cccc2c1C(O)C(N)=C(Br)C2O. The van der Waals surface area contributed by atoms with Gasteiger partial charge in [-0.3, -0.25) is 0 Å². The molecule has 0 saturated carbocycles. The van der Waals surface area contributed by atoms with Crippen LogP contribution in [0.2, 0.25) is 0 Å². The molecule has 0 heterocycles. The van der Waals surface area contributed by atoms with Crippen molar-refractivity contribution in [1.82, 2.24) is 0 Å². The van der Waals surface area contributed by atoms with Gasteiger partial charge in [0.2, 0.25) is 0 Å². The van der Waals surface area contributed by atoms with Crippen LogP contribution in [-0.2, 0) is 0 Å². The van der Waals surface area contributed by atoms with Gasteiger partial charge in [0, 0.05) is 4.48 Å². The van der Waals surface area contributed by atoms with E-state index >= 15 is 0 Å². The summed E-state index contributed by atoms with van der Waals surface area (Å²) in [4.78, 5) is 0. The first-order valence-corrected chi connectivity index (χ1v) is 5.44. The molecule has 3 nitrogen and oxygen atoms in total. The highest BCUT2D eigenvalue weighted by molar-refractivity contribution is 9.11. The van der Waals surface area contributed by atoms with Gasteiger partial charge in [-0.05, 0) is 23.6 Å². The predicted octanol–water partition coefficient (Wildman–Crippen LogP) is 1.64. The third-order valence-corrected chi connectivity index (χ3v) is 3.63. The molecule has 0 aromatic heterocycles. The van der Waals surface area contributed by atoms with Gasteiger partial charge in [-0.1, -0.05) is 34.1 Å². The standard InChI is InChI=1S/C11H12BrNO2/c1-5-3-2-4-6-7(5)11(15)9(13)8(12)10(6)14/h2-4,10-11,14-15H,13H2,1H3. The molecular formula is C11H12BrNO2. The van der Waals surface area contributed by atoms with E-state index in [1.165, 1.54) is 0 Å². The average molecular weight is 270 g/mol. The van der Waals surface area contributed by atoms with Crippen molar-refractivity contribution in [3.63, 3.8) is 0 Å². The molecular weight excluding hydrogens is 258 g/mol. The highest BCUT2D eigenvalue weighted by Crippen LogP contribution is 2.42. The Labute approximate surface area is 96.4 Å². The number of nitrogens with two attached hydrogens (primary N) is 1. The minimum absolute atomic E-state index is 0.282. The molecule has 1 aliphatic rings. The molecule has 0 spiro atoms. The zero-order valence-electron chi connectivity index (χ0n) is 8.24. The molecule has 0 saturated heterocycles. The molecule has 4 heteroatoms. The monoisotopic (exact) mass is 269 g/mol. The van der Waals surface area contributed by atoms with Gasteiger partial charge in [-0.15, -0.1) is 0 Å². The fourth-order valence-electron chi connectivity index (χ4n) is 1.90. The molecule has 2 rings (SSSR count). The first-order chi connectivity index (χ1) is 7.04. The molecule has 1 aromatic carbocycles. The maximum absolute atomic E-state index is 9.97. The highest BCUT2D eigenvalue weighted by Gasteiger charge is 2.30. The predicted molar refractivity (Wildman–Crippen MR) is 61.2 cm³/mol. The summed E-state index contributed by atoms with van der Waals surface area (Å²) in [5.74, 6) is 0. The minimum atomic E-state index is -0.834. The fraction of sp³-hybridized carbons (Fsp3) is 0.273. The summed E-state index contributed by atoms with van der Waals surface area (Å²) in [7, 11) is 0. The Morgan fingerprint density at radius 2 is 1.93 bits per heavy atom. The van der Waals surface area contributed by atoms with Crippen molar-refractivity contribution < 1.29 is 10.2 Å². The number of fused-ring (bicyclic) bond motifs is 1. The molecule has 0 amide bonds. The Hall–Kier alpha value is -0.840. The van der Waals surface area contributed by atoms with E-state index in [2.05, 4.69) is 15.9 Å². The van der Waals surface area contributed by atoms with Crippen molar-refractivity contribution in [2.24, 2.45) is 5.73 Å². The van der Waals surface area contributed by atoms with E-state index in [4.69, 9.17) is 5.73 Å². The van der Waals surface area contributed by atoms with Crippen LogP contribution >= 0.6 is 15.9 Å². The minimum Gasteiger partial charge on any atom is -0.399 e. The average Bonchev–Trinajstić information content (AvgIpc) is 2.23. The number of aryl methyl sites for hydroxylation is 1. The Balaban J connectivity index is 2.67. The summed E-state index contributed by atoms with van der Waals surface area (Å²) in [6, 6.07) is 5.54. The van der Waals surface area contributed by atoms with E-state index < -0.39 is 12.2 Å². The van der Waals surface area contributed by atoms with Gasteiger partial charge in [0.1, 0.15) is 12.2 Å².